The van der Waals surface area contributed by atoms with E-state index in [1.807, 2.05) is 0 Å². The summed E-state index contributed by atoms with van der Waals surface area (Å²) in [5, 5.41) is 15.4. The van der Waals surface area contributed by atoms with Crippen LogP contribution in [0.4, 0.5) is 4.79 Å². The minimum Gasteiger partial charge on any atom is -0.396 e. The first-order valence-corrected chi connectivity index (χ1v) is 6.46. The Kier molecular flexibility index (Phi) is 2.54. The zero-order valence-corrected chi connectivity index (χ0v) is 9.48. The summed E-state index contributed by atoms with van der Waals surface area (Å²) in [6.45, 7) is 0.218. The maximum absolute atomic E-state index is 11.7. The average Bonchev–Trinajstić information content (AvgIpc) is 2.86. The number of hydrogen-bond acceptors (Lipinski definition) is 2. The minimum absolute atomic E-state index is 0.0292. The molecule has 3 fully saturated rings. The molecule has 0 aromatic heterocycles. The quantitative estimate of drug-likeness (QED) is 0.665. The van der Waals surface area contributed by atoms with E-state index in [0.717, 1.165) is 12.8 Å². The predicted molar refractivity (Wildman–Crippen MR) is 59.9 cm³/mol. The highest BCUT2D eigenvalue weighted by molar-refractivity contribution is 5.75. The van der Waals surface area contributed by atoms with Crippen LogP contribution in [0.3, 0.4) is 0 Å². The number of amides is 2. The van der Waals surface area contributed by atoms with Gasteiger partial charge >= 0.3 is 6.03 Å². The van der Waals surface area contributed by atoms with Gasteiger partial charge < -0.3 is 15.7 Å². The van der Waals surface area contributed by atoms with Crippen molar-refractivity contribution >= 4 is 6.03 Å². The monoisotopic (exact) mass is 224 g/mol. The molecular weight excluding hydrogens is 204 g/mol. The van der Waals surface area contributed by atoms with Crippen molar-refractivity contribution in [2.45, 2.75) is 44.2 Å². The third-order valence-corrected chi connectivity index (χ3v) is 4.51. The maximum Gasteiger partial charge on any atom is 0.315 e. The summed E-state index contributed by atoms with van der Waals surface area (Å²) >= 11 is 0. The third-order valence-electron chi connectivity index (χ3n) is 4.51. The third kappa shape index (κ3) is 1.79. The zero-order valence-electron chi connectivity index (χ0n) is 9.48. The summed E-state index contributed by atoms with van der Waals surface area (Å²) in [6, 6.07) is 0.590. The van der Waals surface area contributed by atoms with Crippen molar-refractivity contribution in [3.8, 4) is 0 Å². The van der Waals surface area contributed by atoms with E-state index < -0.39 is 0 Å². The van der Waals surface area contributed by atoms with Crippen molar-refractivity contribution < 1.29 is 9.90 Å². The topological polar surface area (TPSA) is 61.4 Å². The first-order chi connectivity index (χ1) is 7.78. The predicted octanol–water partition coefficient (Wildman–Crippen LogP) is 0.855. The highest BCUT2D eigenvalue weighted by Gasteiger charge is 2.47. The number of carbonyl (C=O) groups is 1. The summed E-state index contributed by atoms with van der Waals surface area (Å²) in [4.78, 5) is 11.7. The Balaban J connectivity index is 1.58. The summed E-state index contributed by atoms with van der Waals surface area (Å²) in [5.74, 6) is 1.54. The second kappa shape index (κ2) is 3.91. The van der Waals surface area contributed by atoms with Crippen LogP contribution < -0.4 is 10.6 Å². The molecule has 3 aliphatic carbocycles. The minimum atomic E-state index is -0.0292. The van der Waals surface area contributed by atoms with Crippen molar-refractivity contribution in [3.63, 3.8) is 0 Å². The molecule has 0 saturated heterocycles. The van der Waals surface area contributed by atoms with Gasteiger partial charge in [0.05, 0.1) is 0 Å². The average molecular weight is 224 g/mol. The van der Waals surface area contributed by atoms with Crippen LogP contribution in [0.15, 0.2) is 0 Å². The summed E-state index contributed by atoms with van der Waals surface area (Å²) in [6.07, 6.45) is 5.88. The molecule has 90 valence electrons. The summed E-state index contributed by atoms with van der Waals surface area (Å²) in [7, 11) is 0. The Morgan fingerprint density at radius 2 is 1.88 bits per heavy atom. The van der Waals surface area contributed by atoms with Crippen LogP contribution >= 0.6 is 0 Å². The van der Waals surface area contributed by atoms with Crippen LogP contribution in [0, 0.1) is 17.8 Å². The Hall–Kier alpha value is -0.770. The van der Waals surface area contributed by atoms with Gasteiger partial charge in [-0.05, 0) is 43.9 Å². The molecule has 3 N–H and O–H groups in total. The number of fused-ring (bicyclic) bond motifs is 2. The number of carbonyl (C=O) groups excluding carboxylic acids is 1. The van der Waals surface area contributed by atoms with Gasteiger partial charge in [-0.25, -0.2) is 4.79 Å². The molecule has 0 aromatic rings. The van der Waals surface area contributed by atoms with Gasteiger partial charge in [0, 0.05) is 24.6 Å². The van der Waals surface area contributed by atoms with Crippen molar-refractivity contribution in [2.75, 3.05) is 6.61 Å². The Morgan fingerprint density at radius 3 is 2.56 bits per heavy atom. The Bertz CT molecular complexity index is 291. The van der Waals surface area contributed by atoms with Crippen LogP contribution in [0.2, 0.25) is 0 Å². The van der Waals surface area contributed by atoms with E-state index in [9.17, 15) is 9.90 Å². The molecule has 0 aromatic carbocycles. The molecule has 3 saturated carbocycles. The van der Waals surface area contributed by atoms with E-state index in [1.54, 1.807) is 0 Å². The number of hydrogen-bond donors (Lipinski definition) is 3. The molecule has 0 aliphatic heterocycles. The lowest BCUT2D eigenvalue weighted by Gasteiger charge is -2.30. The fraction of sp³-hybridized carbons (Fsp3) is 0.917. The van der Waals surface area contributed by atoms with Gasteiger partial charge in [0.15, 0.2) is 0 Å². The molecule has 0 unspecified atom stereocenters. The molecule has 2 amide bonds. The second-order valence-corrected chi connectivity index (χ2v) is 5.60. The van der Waals surface area contributed by atoms with Crippen molar-refractivity contribution in [1.82, 2.24) is 10.6 Å². The summed E-state index contributed by atoms with van der Waals surface area (Å²) in [5.41, 5.74) is 0. The molecule has 3 rings (SSSR count). The lowest BCUT2D eigenvalue weighted by atomic mass is 9.85. The van der Waals surface area contributed by atoms with Crippen molar-refractivity contribution in [2.24, 2.45) is 17.8 Å². The number of aliphatic hydroxyl groups is 1. The molecule has 3 aliphatic rings. The van der Waals surface area contributed by atoms with Gasteiger partial charge in [-0.3, -0.25) is 0 Å². The second-order valence-electron chi connectivity index (χ2n) is 5.60. The zero-order chi connectivity index (χ0) is 11.1. The molecule has 4 atom stereocenters. The first kappa shape index (κ1) is 10.4. The molecule has 0 radical (unpaired) electrons. The maximum atomic E-state index is 11.7. The molecule has 0 heterocycles. The number of urea groups is 1. The Labute approximate surface area is 95.8 Å². The molecule has 0 spiro atoms. The van der Waals surface area contributed by atoms with Gasteiger partial charge in [-0.15, -0.1) is 0 Å². The van der Waals surface area contributed by atoms with Crippen LogP contribution in [0.25, 0.3) is 0 Å². The molecule has 4 heteroatoms. The number of aliphatic hydroxyl groups excluding tert-OH is 1. The highest BCUT2D eigenvalue weighted by atomic mass is 16.3. The van der Waals surface area contributed by atoms with E-state index in [-0.39, 0.29) is 18.7 Å². The van der Waals surface area contributed by atoms with Gasteiger partial charge in [0.25, 0.3) is 0 Å². The number of nitrogens with one attached hydrogen (secondary N) is 2. The van der Waals surface area contributed by atoms with E-state index in [1.165, 1.54) is 19.3 Å². The fourth-order valence-electron chi connectivity index (χ4n) is 3.50. The lowest BCUT2D eigenvalue weighted by molar-refractivity contribution is 0.144. The van der Waals surface area contributed by atoms with E-state index in [4.69, 9.17) is 0 Å². The van der Waals surface area contributed by atoms with Crippen LogP contribution in [-0.4, -0.2) is 29.8 Å². The van der Waals surface area contributed by atoms with Crippen LogP contribution in [0.1, 0.15) is 32.1 Å². The van der Waals surface area contributed by atoms with Gasteiger partial charge in [-0.1, -0.05) is 0 Å². The smallest absolute Gasteiger partial charge is 0.315 e. The lowest BCUT2D eigenvalue weighted by Crippen LogP contribution is -2.49. The Morgan fingerprint density at radius 1 is 1.12 bits per heavy atom. The normalized spacial score (nSPS) is 41.1. The molecule has 4 nitrogen and oxygen atoms in total. The van der Waals surface area contributed by atoms with Crippen molar-refractivity contribution in [1.29, 1.82) is 0 Å². The van der Waals surface area contributed by atoms with Crippen LogP contribution in [0.5, 0.6) is 0 Å². The molecule has 16 heavy (non-hydrogen) atoms. The summed E-state index contributed by atoms with van der Waals surface area (Å²) < 4.78 is 0. The van der Waals surface area contributed by atoms with Gasteiger partial charge in [0.2, 0.25) is 0 Å². The van der Waals surface area contributed by atoms with E-state index in [0.29, 0.717) is 23.8 Å². The van der Waals surface area contributed by atoms with E-state index >= 15 is 0 Å². The standard InChI is InChI=1S/C12H20N2O2/c15-6-10-7-1-2-8(5-7)11(10)14-12(16)13-9-3-4-9/h7-11,15H,1-6H2,(H2,13,14,16)/t7-,8-,10-,11+/m0/s1. The largest absolute Gasteiger partial charge is 0.396 e. The van der Waals surface area contributed by atoms with Crippen molar-refractivity contribution in [3.05, 3.63) is 0 Å². The first-order valence-electron chi connectivity index (χ1n) is 6.46. The van der Waals surface area contributed by atoms with Gasteiger partial charge in [-0.2, -0.15) is 0 Å². The molecular formula is C12H20N2O2. The van der Waals surface area contributed by atoms with E-state index in [2.05, 4.69) is 10.6 Å². The molecule has 2 bridgehead atoms. The fourth-order valence-corrected chi connectivity index (χ4v) is 3.50. The number of rotatable bonds is 3. The van der Waals surface area contributed by atoms with Gasteiger partial charge in [0.1, 0.15) is 0 Å². The highest BCUT2D eigenvalue weighted by Crippen LogP contribution is 2.48. The SMILES string of the molecule is O=C(NC1CC1)N[C@@H]1[C@H]2CC[C@@H](C2)[C@@H]1CO. The van der Waals surface area contributed by atoms with Crippen LogP contribution in [-0.2, 0) is 0 Å².